The summed E-state index contributed by atoms with van der Waals surface area (Å²) in [5.74, 6) is -1.54. The second-order valence-electron chi connectivity index (χ2n) is 4.52. The summed E-state index contributed by atoms with van der Waals surface area (Å²) in [4.78, 5) is 11.9. The van der Waals surface area contributed by atoms with Crippen LogP contribution in [0, 0.1) is 11.6 Å². The molecule has 2 aromatic carbocycles. The van der Waals surface area contributed by atoms with Crippen molar-refractivity contribution >= 4 is 11.5 Å². The minimum absolute atomic E-state index is 0.113. The number of aryl methyl sites for hydroxylation is 1. The average Bonchev–Trinajstić information content (AvgIpc) is 2.49. The normalized spacial score (nSPS) is 10.8. The van der Waals surface area contributed by atoms with Crippen LogP contribution in [0.1, 0.15) is 22.8 Å². The smallest absolute Gasteiger partial charge is 0.187 e. The lowest BCUT2D eigenvalue weighted by Gasteiger charge is -2.02. The molecular weight excluding hydrogens is 272 g/mol. The molecule has 0 aliphatic heterocycles. The Hall–Kier alpha value is -2.49. The molecule has 21 heavy (non-hydrogen) atoms. The number of ketones is 1. The van der Waals surface area contributed by atoms with Crippen LogP contribution in [-0.2, 0) is 6.42 Å². The fourth-order valence-corrected chi connectivity index (χ4v) is 1.81. The molecule has 2 aromatic rings. The molecule has 0 fully saturated rings. The monoisotopic (exact) mass is 287 g/mol. The first-order valence-corrected chi connectivity index (χ1v) is 6.61. The molecule has 1 N–H and O–H groups in total. The van der Waals surface area contributed by atoms with E-state index in [1.807, 2.05) is 19.1 Å². The van der Waals surface area contributed by atoms with E-state index in [0.29, 0.717) is 5.56 Å². The van der Waals surface area contributed by atoms with Gasteiger partial charge in [0, 0.05) is 23.9 Å². The molecule has 0 aromatic heterocycles. The van der Waals surface area contributed by atoms with E-state index in [4.69, 9.17) is 0 Å². The number of nitrogens with one attached hydrogen (secondary N) is 1. The van der Waals surface area contributed by atoms with Gasteiger partial charge in [-0.1, -0.05) is 31.2 Å². The van der Waals surface area contributed by atoms with Gasteiger partial charge in [0.2, 0.25) is 0 Å². The van der Waals surface area contributed by atoms with E-state index in [2.05, 4.69) is 5.32 Å². The van der Waals surface area contributed by atoms with Gasteiger partial charge in [-0.3, -0.25) is 4.79 Å². The summed E-state index contributed by atoms with van der Waals surface area (Å²) in [6.07, 6.45) is 3.56. The lowest BCUT2D eigenvalue weighted by molar-refractivity contribution is 0.104. The van der Waals surface area contributed by atoms with E-state index >= 15 is 0 Å². The quantitative estimate of drug-likeness (QED) is 0.655. The molecule has 2 nitrogen and oxygen atoms in total. The minimum atomic E-state index is -0.709. The summed E-state index contributed by atoms with van der Waals surface area (Å²) in [5, 5.41) is 2.62. The summed E-state index contributed by atoms with van der Waals surface area (Å²) in [6.45, 7) is 2.04. The molecule has 0 saturated carbocycles. The van der Waals surface area contributed by atoms with Crippen LogP contribution in [0.4, 0.5) is 14.5 Å². The zero-order valence-electron chi connectivity index (χ0n) is 11.6. The maximum atomic E-state index is 13.4. The molecule has 108 valence electrons. The van der Waals surface area contributed by atoms with Gasteiger partial charge in [-0.2, -0.15) is 0 Å². The fourth-order valence-electron chi connectivity index (χ4n) is 1.81. The number of benzene rings is 2. The van der Waals surface area contributed by atoms with Crippen molar-refractivity contribution in [3.05, 3.63) is 77.5 Å². The lowest BCUT2D eigenvalue weighted by Crippen LogP contribution is -1.98. The molecule has 0 atom stereocenters. The van der Waals surface area contributed by atoms with Gasteiger partial charge < -0.3 is 5.32 Å². The van der Waals surface area contributed by atoms with Crippen molar-refractivity contribution in [3.63, 3.8) is 0 Å². The molecule has 0 amide bonds. The first kappa shape index (κ1) is 14.9. The van der Waals surface area contributed by atoms with Crippen LogP contribution in [0.3, 0.4) is 0 Å². The van der Waals surface area contributed by atoms with Crippen LogP contribution >= 0.6 is 0 Å². The number of hydrogen-bond donors (Lipinski definition) is 1. The van der Waals surface area contributed by atoms with Gasteiger partial charge in [0.1, 0.15) is 11.6 Å². The molecule has 0 aliphatic carbocycles. The Kier molecular flexibility index (Phi) is 4.82. The number of anilines is 1. The van der Waals surface area contributed by atoms with Gasteiger partial charge in [0.15, 0.2) is 5.78 Å². The van der Waals surface area contributed by atoms with Crippen LogP contribution in [0.5, 0.6) is 0 Å². The first-order chi connectivity index (χ1) is 10.1. The van der Waals surface area contributed by atoms with Gasteiger partial charge in [-0.25, -0.2) is 8.78 Å². The number of carbonyl (C=O) groups excluding carboxylic acids is 1. The average molecular weight is 287 g/mol. The Labute approximate surface area is 122 Å². The second kappa shape index (κ2) is 6.79. The highest BCUT2D eigenvalue weighted by Gasteiger charge is 2.03. The van der Waals surface area contributed by atoms with Crippen LogP contribution in [0.2, 0.25) is 0 Å². The fraction of sp³-hybridized carbons (Fsp3) is 0.118. The van der Waals surface area contributed by atoms with E-state index in [1.54, 1.807) is 12.1 Å². The highest BCUT2D eigenvalue weighted by atomic mass is 19.1. The Morgan fingerprint density at radius 2 is 1.86 bits per heavy atom. The summed E-state index contributed by atoms with van der Waals surface area (Å²) in [5.41, 5.74) is 1.83. The van der Waals surface area contributed by atoms with E-state index < -0.39 is 11.6 Å². The molecule has 0 radical (unpaired) electrons. The molecule has 0 unspecified atom stereocenters. The molecule has 0 saturated heterocycles. The molecule has 2 rings (SSSR count). The van der Waals surface area contributed by atoms with Crippen LogP contribution in [-0.4, -0.2) is 5.78 Å². The van der Waals surface area contributed by atoms with Gasteiger partial charge in [-0.05, 0) is 24.1 Å². The van der Waals surface area contributed by atoms with E-state index in [1.165, 1.54) is 18.3 Å². The van der Waals surface area contributed by atoms with Crippen molar-refractivity contribution < 1.29 is 13.6 Å². The van der Waals surface area contributed by atoms with E-state index in [-0.39, 0.29) is 11.5 Å². The highest BCUT2D eigenvalue weighted by molar-refractivity contribution is 6.04. The molecule has 0 aliphatic rings. The van der Waals surface area contributed by atoms with Crippen molar-refractivity contribution in [1.82, 2.24) is 0 Å². The van der Waals surface area contributed by atoms with E-state index in [9.17, 15) is 13.6 Å². The van der Waals surface area contributed by atoms with Gasteiger partial charge in [0.05, 0.1) is 5.69 Å². The highest BCUT2D eigenvalue weighted by Crippen LogP contribution is 2.15. The zero-order valence-corrected chi connectivity index (χ0v) is 11.6. The Balaban J connectivity index is 2.01. The standard InChI is InChI=1S/C17H15F2NO/c1-2-12-3-5-13(6-4-12)17(21)9-10-20-16-8-7-14(18)11-15(16)19/h3-11,20H,2H2,1H3. The SMILES string of the molecule is CCc1ccc(C(=O)C=CNc2ccc(F)cc2F)cc1. The minimum Gasteiger partial charge on any atom is -0.359 e. The summed E-state index contributed by atoms with van der Waals surface area (Å²) in [7, 11) is 0. The first-order valence-electron chi connectivity index (χ1n) is 6.61. The number of hydrogen-bond acceptors (Lipinski definition) is 2. The van der Waals surface area contributed by atoms with Gasteiger partial charge in [-0.15, -0.1) is 0 Å². The molecular formula is C17H15F2NO. The third-order valence-electron chi connectivity index (χ3n) is 3.05. The zero-order chi connectivity index (χ0) is 15.2. The van der Waals surface area contributed by atoms with Crippen LogP contribution in [0.15, 0.2) is 54.7 Å². The Bertz CT molecular complexity index is 663. The van der Waals surface area contributed by atoms with Crippen LogP contribution < -0.4 is 5.32 Å². The van der Waals surface area contributed by atoms with E-state index in [0.717, 1.165) is 24.1 Å². The number of allylic oxidation sites excluding steroid dienone is 1. The summed E-state index contributed by atoms with van der Waals surface area (Å²) in [6, 6.07) is 10.5. The van der Waals surface area contributed by atoms with Gasteiger partial charge in [0.25, 0.3) is 0 Å². The molecule has 0 bridgehead atoms. The predicted octanol–water partition coefficient (Wildman–Crippen LogP) is 4.34. The largest absolute Gasteiger partial charge is 0.359 e. The number of halogens is 2. The predicted molar refractivity (Wildman–Crippen MR) is 79.3 cm³/mol. The third-order valence-corrected chi connectivity index (χ3v) is 3.05. The van der Waals surface area contributed by atoms with Gasteiger partial charge >= 0.3 is 0 Å². The van der Waals surface area contributed by atoms with Crippen molar-refractivity contribution in [2.75, 3.05) is 5.32 Å². The van der Waals surface area contributed by atoms with Crippen molar-refractivity contribution in [2.24, 2.45) is 0 Å². The topological polar surface area (TPSA) is 29.1 Å². The Morgan fingerprint density at radius 3 is 2.48 bits per heavy atom. The lowest BCUT2D eigenvalue weighted by atomic mass is 10.1. The van der Waals surface area contributed by atoms with Crippen molar-refractivity contribution in [3.8, 4) is 0 Å². The third kappa shape index (κ3) is 3.99. The Morgan fingerprint density at radius 1 is 1.14 bits per heavy atom. The van der Waals surface area contributed by atoms with Crippen LogP contribution in [0.25, 0.3) is 0 Å². The number of rotatable bonds is 5. The summed E-state index contributed by atoms with van der Waals surface area (Å²) < 4.78 is 26.1. The molecule has 4 heteroatoms. The van der Waals surface area contributed by atoms with Crippen molar-refractivity contribution in [2.45, 2.75) is 13.3 Å². The molecule has 0 heterocycles. The maximum absolute atomic E-state index is 13.4. The maximum Gasteiger partial charge on any atom is 0.187 e. The van der Waals surface area contributed by atoms with Crippen molar-refractivity contribution in [1.29, 1.82) is 0 Å². The number of carbonyl (C=O) groups is 1. The summed E-state index contributed by atoms with van der Waals surface area (Å²) >= 11 is 0. The second-order valence-corrected chi connectivity index (χ2v) is 4.52. The molecule has 0 spiro atoms.